The minimum absolute atomic E-state index is 0.00522. The topological polar surface area (TPSA) is 68.7 Å². The molecule has 0 aliphatic carbocycles. The van der Waals surface area contributed by atoms with Crippen molar-refractivity contribution < 1.29 is 22.3 Å². The van der Waals surface area contributed by atoms with Gasteiger partial charge in [0, 0.05) is 35.7 Å². The molecule has 0 unspecified atom stereocenters. The second-order valence-corrected chi connectivity index (χ2v) is 9.47. The van der Waals surface area contributed by atoms with E-state index < -0.39 is 21.9 Å². The number of ether oxygens (including phenoxy) is 2. The van der Waals surface area contributed by atoms with E-state index in [2.05, 4.69) is 4.98 Å². The highest BCUT2D eigenvalue weighted by molar-refractivity contribution is 7.89. The number of hydrogen-bond acceptors (Lipinski definition) is 5. The number of rotatable bonds is 5. The fourth-order valence-corrected chi connectivity index (χ4v) is 5.42. The minimum Gasteiger partial charge on any atom is -0.493 e. The summed E-state index contributed by atoms with van der Waals surface area (Å²) in [6.45, 7) is 4.51. The molecule has 4 rings (SSSR count). The summed E-state index contributed by atoms with van der Waals surface area (Å²) in [5, 5.41) is 0. The van der Waals surface area contributed by atoms with Crippen LogP contribution in [0.25, 0.3) is 0 Å². The lowest BCUT2D eigenvalue weighted by molar-refractivity contribution is 0.134. The molecule has 150 valence electrons. The van der Waals surface area contributed by atoms with Gasteiger partial charge in [0.25, 0.3) is 0 Å². The van der Waals surface area contributed by atoms with Crippen LogP contribution in [-0.2, 0) is 10.0 Å². The van der Waals surface area contributed by atoms with Gasteiger partial charge in [0.15, 0.2) is 0 Å². The molecule has 3 heterocycles. The molecular weight excluding hydrogens is 383 g/mol. The SMILES string of the molecule is CCS(=O)(=O)N1C[C@@H](COc2cccc(C)n2)[C@@H]2COc3ccc(F)cc3[C@@H]21. The molecule has 0 radical (unpaired) electrons. The van der Waals surface area contributed by atoms with Crippen LogP contribution in [-0.4, -0.2) is 43.2 Å². The Morgan fingerprint density at radius 2 is 2.14 bits per heavy atom. The first kappa shape index (κ1) is 19.1. The van der Waals surface area contributed by atoms with Gasteiger partial charge in [-0.2, -0.15) is 4.31 Å². The number of halogens is 1. The summed E-state index contributed by atoms with van der Waals surface area (Å²) in [5.41, 5.74) is 1.44. The smallest absolute Gasteiger partial charge is 0.214 e. The van der Waals surface area contributed by atoms with Crippen LogP contribution in [0.4, 0.5) is 4.39 Å². The molecule has 2 aliphatic rings. The van der Waals surface area contributed by atoms with Gasteiger partial charge in [-0.25, -0.2) is 17.8 Å². The summed E-state index contributed by atoms with van der Waals surface area (Å²) in [6.07, 6.45) is 0. The van der Waals surface area contributed by atoms with Crippen molar-refractivity contribution in [3.8, 4) is 11.6 Å². The Hall–Kier alpha value is -2.19. The average Bonchev–Trinajstić information content (AvgIpc) is 3.06. The predicted octanol–water partition coefficient (Wildman–Crippen LogP) is 2.94. The molecule has 2 aliphatic heterocycles. The highest BCUT2D eigenvalue weighted by Gasteiger charge is 2.50. The Morgan fingerprint density at radius 3 is 2.89 bits per heavy atom. The highest BCUT2D eigenvalue weighted by atomic mass is 32.2. The van der Waals surface area contributed by atoms with E-state index in [9.17, 15) is 12.8 Å². The van der Waals surface area contributed by atoms with Gasteiger partial charge < -0.3 is 9.47 Å². The van der Waals surface area contributed by atoms with E-state index >= 15 is 0 Å². The van der Waals surface area contributed by atoms with Crippen molar-refractivity contribution in [1.29, 1.82) is 0 Å². The third-order valence-corrected chi connectivity index (χ3v) is 7.31. The monoisotopic (exact) mass is 406 g/mol. The Kier molecular flexibility index (Phi) is 5.01. The molecule has 1 aromatic heterocycles. The van der Waals surface area contributed by atoms with E-state index in [-0.39, 0.29) is 17.6 Å². The molecule has 0 N–H and O–H groups in total. The Morgan fingerprint density at radius 1 is 1.32 bits per heavy atom. The van der Waals surface area contributed by atoms with Crippen LogP contribution in [0, 0.1) is 24.6 Å². The molecule has 1 aromatic carbocycles. The van der Waals surface area contributed by atoms with Gasteiger partial charge in [-0.05, 0) is 38.1 Å². The largest absolute Gasteiger partial charge is 0.493 e. The number of benzene rings is 1. The van der Waals surface area contributed by atoms with Gasteiger partial charge in [0.1, 0.15) is 11.6 Å². The van der Waals surface area contributed by atoms with Crippen LogP contribution in [0.15, 0.2) is 36.4 Å². The normalized spacial score (nSPS) is 24.3. The first-order valence-corrected chi connectivity index (χ1v) is 11.0. The summed E-state index contributed by atoms with van der Waals surface area (Å²) in [6, 6.07) is 9.37. The quantitative estimate of drug-likeness (QED) is 0.764. The molecule has 0 amide bonds. The van der Waals surface area contributed by atoms with Crippen molar-refractivity contribution in [1.82, 2.24) is 9.29 Å². The minimum atomic E-state index is -3.46. The number of aryl methyl sites for hydroxylation is 1. The van der Waals surface area contributed by atoms with E-state index in [1.54, 1.807) is 19.1 Å². The fraction of sp³-hybridized carbons (Fsp3) is 0.450. The Bertz CT molecular complexity index is 982. The molecular formula is C20H23FN2O4S. The molecule has 0 saturated carbocycles. The molecule has 6 nitrogen and oxygen atoms in total. The number of fused-ring (bicyclic) bond motifs is 3. The maximum atomic E-state index is 13.9. The number of aromatic nitrogens is 1. The molecule has 3 atom stereocenters. The van der Waals surface area contributed by atoms with Gasteiger partial charge in [0.2, 0.25) is 15.9 Å². The van der Waals surface area contributed by atoms with Gasteiger partial charge in [-0.1, -0.05) is 6.07 Å². The van der Waals surface area contributed by atoms with Gasteiger partial charge in [-0.3, -0.25) is 0 Å². The zero-order valence-corrected chi connectivity index (χ0v) is 16.7. The summed E-state index contributed by atoms with van der Waals surface area (Å²) in [7, 11) is -3.46. The second kappa shape index (κ2) is 7.33. The van der Waals surface area contributed by atoms with Gasteiger partial charge in [-0.15, -0.1) is 0 Å². The van der Waals surface area contributed by atoms with Crippen LogP contribution >= 0.6 is 0 Å². The Labute approximate surface area is 164 Å². The fourth-order valence-electron chi connectivity index (χ4n) is 4.05. The van der Waals surface area contributed by atoms with E-state index in [0.29, 0.717) is 37.0 Å². The first-order chi connectivity index (χ1) is 13.4. The predicted molar refractivity (Wildman–Crippen MR) is 102 cm³/mol. The molecule has 0 spiro atoms. The number of hydrogen-bond donors (Lipinski definition) is 0. The Balaban J connectivity index is 1.64. The zero-order valence-electron chi connectivity index (χ0n) is 15.8. The second-order valence-electron chi connectivity index (χ2n) is 7.26. The molecule has 2 aromatic rings. The number of sulfonamides is 1. The summed E-state index contributed by atoms with van der Waals surface area (Å²) in [4.78, 5) is 4.33. The van der Waals surface area contributed by atoms with E-state index in [1.165, 1.54) is 16.4 Å². The standard InChI is InChI=1S/C20H23FN2O4S/c1-3-28(24,25)23-10-14(11-27-19-6-4-5-13(2)22-19)17-12-26-18-8-7-15(21)9-16(18)20(17)23/h4-9,14,17,20H,3,10-12H2,1-2H3/t14-,17-,20-/m0/s1. The molecule has 28 heavy (non-hydrogen) atoms. The zero-order chi connectivity index (χ0) is 19.9. The highest BCUT2D eigenvalue weighted by Crippen LogP contribution is 2.48. The van der Waals surface area contributed by atoms with Crippen molar-refractivity contribution in [3.05, 3.63) is 53.5 Å². The van der Waals surface area contributed by atoms with Gasteiger partial charge >= 0.3 is 0 Å². The lowest BCUT2D eigenvalue weighted by Gasteiger charge is -2.33. The van der Waals surface area contributed by atoms with E-state index in [4.69, 9.17) is 9.47 Å². The van der Waals surface area contributed by atoms with E-state index in [0.717, 1.165) is 5.69 Å². The third kappa shape index (κ3) is 3.46. The molecule has 1 fully saturated rings. The summed E-state index contributed by atoms with van der Waals surface area (Å²) in [5.74, 6) is 0.456. The maximum absolute atomic E-state index is 13.9. The lowest BCUT2D eigenvalue weighted by Crippen LogP contribution is -2.36. The van der Waals surface area contributed by atoms with Crippen LogP contribution in [0.2, 0.25) is 0 Å². The van der Waals surface area contributed by atoms with Crippen molar-refractivity contribution in [2.75, 3.05) is 25.5 Å². The molecule has 8 heteroatoms. The molecule has 1 saturated heterocycles. The summed E-state index contributed by atoms with van der Waals surface area (Å²) < 4.78 is 52.6. The maximum Gasteiger partial charge on any atom is 0.214 e. The van der Waals surface area contributed by atoms with Crippen molar-refractivity contribution >= 4 is 10.0 Å². The van der Waals surface area contributed by atoms with Crippen molar-refractivity contribution in [3.63, 3.8) is 0 Å². The van der Waals surface area contributed by atoms with Gasteiger partial charge in [0.05, 0.1) is 25.0 Å². The van der Waals surface area contributed by atoms with Crippen LogP contribution in [0.1, 0.15) is 24.2 Å². The van der Waals surface area contributed by atoms with Crippen molar-refractivity contribution in [2.45, 2.75) is 19.9 Å². The third-order valence-electron chi connectivity index (χ3n) is 5.49. The molecule has 0 bridgehead atoms. The van der Waals surface area contributed by atoms with E-state index in [1.807, 2.05) is 19.1 Å². The van der Waals surface area contributed by atoms with Crippen molar-refractivity contribution in [2.24, 2.45) is 11.8 Å². The average molecular weight is 406 g/mol. The number of pyridine rings is 1. The van der Waals surface area contributed by atoms with Crippen LogP contribution < -0.4 is 9.47 Å². The lowest BCUT2D eigenvalue weighted by atomic mass is 9.86. The van der Waals surface area contributed by atoms with Crippen LogP contribution in [0.3, 0.4) is 0 Å². The van der Waals surface area contributed by atoms with Crippen LogP contribution in [0.5, 0.6) is 11.6 Å². The first-order valence-electron chi connectivity index (χ1n) is 9.37. The number of nitrogens with zero attached hydrogens (tertiary/aromatic N) is 2. The summed E-state index contributed by atoms with van der Waals surface area (Å²) >= 11 is 0.